The summed E-state index contributed by atoms with van der Waals surface area (Å²) < 4.78 is 31.6. The second-order valence-corrected chi connectivity index (χ2v) is 11.3. The number of nitro groups is 1. The van der Waals surface area contributed by atoms with Gasteiger partial charge in [0.25, 0.3) is 23.4 Å². The maximum atomic E-state index is 15.8. The normalized spacial score (nSPS) is 17.1. The number of benzene rings is 3. The van der Waals surface area contributed by atoms with E-state index in [9.17, 15) is 24.5 Å². The predicted molar refractivity (Wildman–Crippen MR) is 174 cm³/mol. The standard InChI is InChI=1S/C33H33F2N5O5.ClH/c1-37(2)23-15-18-38(19-16-23)29(41)21-27-24-11-6-7-14-28(24)39(20-17-33(27,34)35)32(43)26-13-8-12-25(30(26)40(44)45)31(42)36-22-9-4-3-5-10-22;/h3-14,21,23H,15-20H2,1-2H3,(H,36,42);1H. The Kier molecular flexibility index (Phi) is 10.5. The van der Waals surface area contributed by atoms with Crippen LogP contribution in [0.1, 0.15) is 45.5 Å². The van der Waals surface area contributed by atoms with Gasteiger partial charge < -0.3 is 20.0 Å². The van der Waals surface area contributed by atoms with Crippen LogP contribution in [0.4, 0.5) is 25.8 Å². The number of hydrogen-bond acceptors (Lipinski definition) is 6. The van der Waals surface area contributed by atoms with Gasteiger partial charge in [-0.15, -0.1) is 12.4 Å². The number of nitro benzene ring substituents is 1. The number of para-hydroxylation sites is 3. The maximum absolute atomic E-state index is 15.8. The number of rotatable bonds is 6. The van der Waals surface area contributed by atoms with Crippen LogP contribution >= 0.6 is 12.4 Å². The van der Waals surface area contributed by atoms with Gasteiger partial charge >= 0.3 is 0 Å². The van der Waals surface area contributed by atoms with Crippen molar-refractivity contribution < 1.29 is 28.1 Å². The van der Waals surface area contributed by atoms with Crippen molar-refractivity contribution in [3.8, 4) is 0 Å². The Morgan fingerprint density at radius 2 is 1.57 bits per heavy atom. The Hall–Kier alpha value is -4.68. The first-order valence-electron chi connectivity index (χ1n) is 14.6. The van der Waals surface area contributed by atoms with Gasteiger partial charge in [0, 0.05) is 55.0 Å². The third-order valence-electron chi connectivity index (χ3n) is 8.27. The Bertz CT molecular complexity index is 1660. The molecule has 0 radical (unpaired) electrons. The van der Waals surface area contributed by atoms with Crippen LogP contribution in [0.2, 0.25) is 0 Å². The number of piperidine rings is 1. The zero-order chi connectivity index (χ0) is 32.3. The highest BCUT2D eigenvalue weighted by atomic mass is 35.5. The van der Waals surface area contributed by atoms with E-state index in [4.69, 9.17) is 0 Å². The number of hydrogen-bond donors (Lipinski definition) is 1. The number of halogens is 3. The summed E-state index contributed by atoms with van der Waals surface area (Å²) >= 11 is 0. The fourth-order valence-corrected chi connectivity index (χ4v) is 5.81. The number of amides is 3. The molecule has 1 fully saturated rings. The quantitative estimate of drug-likeness (QED) is 0.202. The van der Waals surface area contributed by atoms with Crippen molar-refractivity contribution >= 4 is 52.8 Å². The highest BCUT2D eigenvalue weighted by Gasteiger charge is 2.43. The Balaban J connectivity index is 0.00000480. The molecule has 1 saturated heterocycles. The van der Waals surface area contributed by atoms with Crippen LogP contribution < -0.4 is 10.2 Å². The summed E-state index contributed by atoms with van der Waals surface area (Å²) in [5, 5.41) is 14.8. The van der Waals surface area contributed by atoms with Crippen LogP contribution in [0.25, 0.3) is 5.57 Å². The Morgan fingerprint density at radius 3 is 2.22 bits per heavy atom. The molecular formula is C33H34ClF2N5O5. The van der Waals surface area contributed by atoms with Crippen LogP contribution in [-0.4, -0.2) is 78.1 Å². The van der Waals surface area contributed by atoms with Crippen molar-refractivity contribution in [2.24, 2.45) is 0 Å². The number of likely N-dealkylation sites (tertiary alicyclic amines) is 1. The van der Waals surface area contributed by atoms with E-state index < -0.39 is 58.4 Å². The van der Waals surface area contributed by atoms with E-state index in [1.807, 2.05) is 14.1 Å². The number of allylic oxidation sites excluding steroid dienone is 1. The number of alkyl halides is 2. The van der Waals surface area contributed by atoms with Gasteiger partial charge in [0.1, 0.15) is 11.1 Å². The van der Waals surface area contributed by atoms with Crippen LogP contribution in [0, 0.1) is 10.1 Å². The second-order valence-electron chi connectivity index (χ2n) is 11.3. The lowest BCUT2D eigenvalue weighted by atomic mass is 9.96. The summed E-state index contributed by atoms with van der Waals surface area (Å²) in [6.07, 6.45) is 1.58. The molecule has 3 aromatic carbocycles. The van der Waals surface area contributed by atoms with Crippen LogP contribution in [0.15, 0.2) is 78.9 Å². The van der Waals surface area contributed by atoms with Gasteiger partial charge in [-0.3, -0.25) is 24.5 Å². The van der Waals surface area contributed by atoms with E-state index in [0.717, 1.165) is 23.8 Å². The Labute approximate surface area is 271 Å². The number of fused-ring (bicyclic) bond motifs is 1. The average molecular weight is 654 g/mol. The molecule has 2 aliphatic rings. The molecule has 1 N–H and O–H groups in total. The highest BCUT2D eigenvalue weighted by molar-refractivity contribution is 6.15. The van der Waals surface area contributed by atoms with Gasteiger partial charge in [0.15, 0.2) is 0 Å². The van der Waals surface area contributed by atoms with Gasteiger partial charge in [0.2, 0.25) is 5.91 Å². The molecule has 0 atom stereocenters. The van der Waals surface area contributed by atoms with E-state index >= 15 is 8.78 Å². The van der Waals surface area contributed by atoms with Crippen molar-refractivity contribution in [1.82, 2.24) is 9.80 Å². The van der Waals surface area contributed by atoms with E-state index in [1.165, 1.54) is 36.4 Å². The lowest BCUT2D eigenvalue weighted by Gasteiger charge is -2.35. The minimum absolute atomic E-state index is 0. The van der Waals surface area contributed by atoms with Gasteiger partial charge in [-0.25, -0.2) is 8.78 Å². The first kappa shape index (κ1) is 34.2. The summed E-state index contributed by atoms with van der Waals surface area (Å²) in [6.45, 7) is 0.377. The summed E-state index contributed by atoms with van der Waals surface area (Å²) in [7, 11) is 3.93. The van der Waals surface area contributed by atoms with Crippen molar-refractivity contribution in [3.05, 3.63) is 106 Å². The van der Waals surface area contributed by atoms with Gasteiger partial charge in [0.05, 0.1) is 10.6 Å². The third-order valence-corrected chi connectivity index (χ3v) is 8.27. The summed E-state index contributed by atoms with van der Waals surface area (Å²) in [5.41, 5.74) is -1.58. The molecular weight excluding hydrogens is 620 g/mol. The van der Waals surface area contributed by atoms with E-state index in [1.54, 1.807) is 41.3 Å². The van der Waals surface area contributed by atoms with Crippen molar-refractivity contribution in [1.29, 1.82) is 0 Å². The number of carbonyl (C=O) groups excluding carboxylic acids is 3. The molecule has 10 nitrogen and oxygen atoms in total. The minimum Gasteiger partial charge on any atom is -0.339 e. The highest BCUT2D eigenvalue weighted by Crippen LogP contribution is 2.44. The lowest BCUT2D eigenvalue weighted by Crippen LogP contribution is -2.44. The first-order chi connectivity index (χ1) is 21.5. The molecule has 46 heavy (non-hydrogen) atoms. The average Bonchev–Trinajstić information content (AvgIpc) is 3.14. The van der Waals surface area contributed by atoms with Crippen LogP contribution in [0.3, 0.4) is 0 Å². The van der Waals surface area contributed by atoms with Gasteiger partial charge in [-0.2, -0.15) is 0 Å². The molecule has 2 heterocycles. The minimum atomic E-state index is -3.48. The monoisotopic (exact) mass is 653 g/mol. The smallest absolute Gasteiger partial charge is 0.294 e. The van der Waals surface area contributed by atoms with Gasteiger partial charge in [-0.05, 0) is 57.3 Å². The molecule has 0 saturated carbocycles. The van der Waals surface area contributed by atoms with E-state index in [2.05, 4.69) is 10.2 Å². The summed E-state index contributed by atoms with van der Waals surface area (Å²) in [5.74, 6) is -5.74. The summed E-state index contributed by atoms with van der Waals surface area (Å²) in [4.78, 5) is 56.4. The fourth-order valence-electron chi connectivity index (χ4n) is 5.81. The zero-order valence-electron chi connectivity index (χ0n) is 25.3. The second kappa shape index (κ2) is 14.2. The molecule has 2 aliphatic heterocycles. The number of nitrogens with one attached hydrogen (secondary N) is 1. The molecule has 5 rings (SSSR count). The van der Waals surface area contributed by atoms with Gasteiger partial charge in [-0.1, -0.05) is 42.5 Å². The van der Waals surface area contributed by atoms with Crippen molar-refractivity contribution in [3.63, 3.8) is 0 Å². The fraction of sp³-hybridized carbons (Fsp3) is 0.303. The maximum Gasteiger partial charge on any atom is 0.294 e. The molecule has 0 bridgehead atoms. The van der Waals surface area contributed by atoms with Crippen LogP contribution in [0.5, 0.6) is 0 Å². The van der Waals surface area contributed by atoms with E-state index in [0.29, 0.717) is 24.8 Å². The molecule has 0 unspecified atom stereocenters. The molecule has 3 aromatic rings. The first-order valence-corrected chi connectivity index (χ1v) is 14.6. The molecule has 0 aliphatic carbocycles. The number of carbonyl (C=O) groups is 3. The molecule has 0 spiro atoms. The predicted octanol–water partition coefficient (Wildman–Crippen LogP) is 5.89. The van der Waals surface area contributed by atoms with Crippen molar-refractivity contribution in [2.75, 3.05) is 43.9 Å². The third kappa shape index (κ3) is 7.08. The molecule has 3 amide bonds. The Morgan fingerprint density at radius 1 is 0.935 bits per heavy atom. The zero-order valence-corrected chi connectivity index (χ0v) is 26.1. The molecule has 242 valence electrons. The number of nitrogens with zero attached hydrogens (tertiary/aromatic N) is 4. The van der Waals surface area contributed by atoms with Crippen molar-refractivity contribution in [2.45, 2.75) is 31.2 Å². The lowest BCUT2D eigenvalue weighted by molar-refractivity contribution is -0.385. The summed E-state index contributed by atoms with van der Waals surface area (Å²) in [6, 6.07) is 18.3. The molecule has 13 heteroatoms. The van der Waals surface area contributed by atoms with Crippen LogP contribution in [-0.2, 0) is 4.79 Å². The number of anilines is 2. The SMILES string of the molecule is CN(C)C1CCN(C(=O)C=C2c3ccccc3N(C(=O)c3cccc(C(=O)Nc4ccccc4)c3[N+](=O)[O-])CCC2(F)F)CC1.Cl. The van der Waals surface area contributed by atoms with E-state index in [-0.39, 0.29) is 29.2 Å². The topological polar surface area (TPSA) is 116 Å². The largest absolute Gasteiger partial charge is 0.339 e. The molecule has 0 aromatic heterocycles.